The van der Waals surface area contributed by atoms with E-state index in [0.717, 1.165) is 17.0 Å². The van der Waals surface area contributed by atoms with Crippen molar-refractivity contribution in [2.45, 2.75) is 32.6 Å². The molecule has 0 atom stereocenters. The Morgan fingerprint density at radius 1 is 1.21 bits per heavy atom. The van der Waals surface area contributed by atoms with Gasteiger partial charge in [0.2, 0.25) is 0 Å². The number of aromatic nitrogens is 1. The highest BCUT2D eigenvalue weighted by atomic mass is 32.1. The second-order valence-electron chi connectivity index (χ2n) is 7.37. The van der Waals surface area contributed by atoms with Gasteiger partial charge in [0.1, 0.15) is 16.3 Å². The minimum atomic E-state index is -0.955. The van der Waals surface area contributed by atoms with E-state index in [2.05, 4.69) is 22.0 Å². The van der Waals surface area contributed by atoms with Crippen LogP contribution in [0.1, 0.15) is 49.9 Å². The summed E-state index contributed by atoms with van der Waals surface area (Å²) in [4.78, 5) is 16.7. The Hall–Kier alpha value is -3.77. The molecule has 0 bridgehead atoms. The minimum Gasteiger partial charge on any atom is -0.494 e. The van der Waals surface area contributed by atoms with Crippen LogP contribution in [0, 0.1) is 30.4 Å². The summed E-state index contributed by atoms with van der Waals surface area (Å²) in [6.07, 6.45) is 1.88. The topological polar surface area (TPSA) is 92.0 Å². The van der Waals surface area contributed by atoms with Crippen LogP contribution in [0.15, 0.2) is 41.6 Å². The maximum absolute atomic E-state index is 13.4. The summed E-state index contributed by atoms with van der Waals surface area (Å²) >= 11 is 1.22. The number of methoxy groups -OCH3 is 1. The van der Waals surface area contributed by atoms with Gasteiger partial charge in [-0.3, -0.25) is 0 Å². The Kier molecular flexibility index (Phi) is 8.33. The van der Waals surface area contributed by atoms with Gasteiger partial charge < -0.3 is 15.1 Å². The smallest absolute Gasteiger partial charge is 0.345 e. The van der Waals surface area contributed by atoms with Crippen molar-refractivity contribution in [1.29, 1.82) is 0 Å². The van der Waals surface area contributed by atoms with Crippen molar-refractivity contribution in [2.75, 3.05) is 7.11 Å². The number of rotatable bonds is 8. The molecule has 3 rings (SSSR count). The number of oxime groups is 1. The van der Waals surface area contributed by atoms with E-state index in [-0.39, 0.29) is 11.3 Å². The van der Waals surface area contributed by atoms with Crippen molar-refractivity contribution in [3.63, 3.8) is 0 Å². The van der Waals surface area contributed by atoms with Crippen molar-refractivity contribution < 1.29 is 28.6 Å². The van der Waals surface area contributed by atoms with Crippen LogP contribution in [-0.2, 0) is 12.8 Å². The lowest BCUT2D eigenvalue weighted by molar-refractivity contribution is 0.0702. The van der Waals surface area contributed by atoms with Gasteiger partial charge in [-0.05, 0) is 68.0 Å². The summed E-state index contributed by atoms with van der Waals surface area (Å²) < 4.78 is 31.9. The molecule has 2 heterocycles. The Morgan fingerprint density at radius 3 is 2.65 bits per heavy atom. The maximum atomic E-state index is 13.4. The van der Waals surface area contributed by atoms with Crippen LogP contribution >= 0.6 is 11.3 Å². The minimum absolute atomic E-state index is 0.208. The number of thiophene rings is 1. The molecule has 176 valence electrons. The maximum Gasteiger partial charge on any atom is 0.345 e. The highest BCUT2D eigenvalue weighted by molar-refractivity contribution is 7.13. The lowest BCUT2D eigenvalue weighted by atomic mass is 10.0. The number of benzene rings is 1. The molecule has 0 aliphatic carbocycles. The third-order valence-corrected chi connectivity index (χ3v) is 6.11. The van der Waals surface area contributed by atoms with E-state index in [1.54, 1.807) is 25.1 Å². The second kappa shape index (κ2) is 11.4. The van der Waals surface area contributed by atoms with Gasteiger partial charge in [0.05, 0.1) is 18.5 Å². The zero-order valence-electron chi connectivity index (χ0n) is 18.6. The molecule has 0 fully saturated rings. The Bertz CT molecular complexity index is 1290. The molecule has 6 nitrogen and oxygen atoms in total. The lowest BCUT2D eigenvalue weighted by Crippen LogP contribution is -2.08. The Balaban J connectivity index is 1.76. The lowest BCUT2D eigenvalue weighted by Gasteiger charge is -2.12. The molecule has 0 saturated heterocycles. The van der Waals surface area contributed by atoms with E-state index < -0.39 is 17.6 Å². The first-order valence-electron chi connectivity index (χ1n) is 10.3. The van der Waals surface area contributed by atoms with Gasteiger partial charge in [-0.2, -0.15) is 0 Å². The monoisotopic (exact) mass is 484 g/mol. The average Bonchev–Trinajstić information content (AvgIpc) is 3.28. The van der Waals surface area contributed by atoms with Gasteiger partial charge in [0, 0.05) is 16.9 Å². The van der Waals surface area contributed by atoms with Crippen LogP contribution in [0.2, 0.25) is 0 Å². The number of carboxylic acid groups (broad SMARTS) is 1. The number of ether oxygens (including phenoxy) is 1. The standard InChI is InChI=1S/C25H22F2N2O4S/c1-15-24(33-2)19(22(29-32)8-4-7-18-10-12-23(34-18)25(30)31)14-17(28-15)6-3-5-16-9-11-20(26)21(27)13-16/h9-14,32H,4-5,7-8H2,1-2H3,(H,30,31)/b29-22-. The highest BCUT2D eigenvalue weighted by Gasteiger charge is 2.16. The van der Waals surface area contributed by atoms with E-state index in [0.29, 0.717) is 53.2 Å². The van der Waals surface area contributed by atoms with Gasteiger partial charge in [0.25, 0.3) is 0 Å². The van der Waals surface area contributed by atoms with E-state index in [1.165, 1.54) is 24.5 Å². The van der Waals surface area contributed by atoms with E-state index in [4.69, 9.17) is 9.84 Å². The quantitative estimate of drug-likeness (QED) is 0.198. The molecule has 0 unspecified atom stereocenters. The molecule has 2 aromatic heterocycles. The number of pyridine rings is 1. The van der Waals surface area contributed by atoms with Crippen molar-refractivity contribution in [3.05, 3.63) is 80.3 Å². The van der Waals surface area contributed by atoms with E-state index in [9.17, 15) is 18.8 Å². The summed E-state index contributed by atoms with van der Waals surface area (Å²) in [6, 6.07) is 8.64. The molecule has 1 aromatic carbocycles. The predicted molar refractivity (Wildman–Crippen MR) is 125 cm³/mol. The van der Waals surface area contributed by atoms with Crippen LogP contribution in [0.25, 0.3) is 0 Å². The number of hydrogen-bond acceptors (Lipinski definition) is 6. The molecule has 0 aliphatic rings. The third kappa shape index (κ3) is 6.17. The first kappa shape index (κ1) is 24.9. The third-order valence-electron chi connectivity index (χ3n) is 4.98. The van der Waals surface area contributed by atoms with Crippen LogP contribution in [0.4, 0.5) is 8.78 Å². The highest BCUT2D eigenvalue weighted by Crippen LogP contribution is 2.26. The number of carbonyl (C=O) groups is 1. The van der Waals surface area contributed by atoms with Crippen molar-refractivity contribution in [3.8, 4) is 17.6 Å². The molecule has 2 N–H and O–H groups in total. The zero-order valence-corrected chi connectivity index (χ0v) is 19.4. The molecule has 0 aliphatic heterocycles. The Morgan fingerprint density at radius 2 is 2.00 bits per heavy atom. The summed E-state index contributed by atoms with van der Waals surface area (Å²) in [5.41, 5.74) is 2.45. The van der Waals surface area contributed by atoms with Gasteiger partial charge in [-0.1, -0.05) is 17.1 Å². The van der Waals surface area contributed by atoms with Crippen molar-refractivity contribution >= 4 is 23.0 Å². The fourth-order valence-corrected chi connectivity index (χ4v) is 4.27. The zero-order chi connectivity index (χ0) is 24.7. The molecule has 34 heavy (non-hydrogen) atoms. The number of carboxylic acids is 1. The van der Waals surface area contributed by atoms with Crippen LogP contribution in [0.3, 0.4) is 0 Å². The second-order valence-corrected chi connectivity index (χ2v) is 8.54. The predicted octanol–water partition coefficient (Wildman–Crippen LogP) is 5.23. The summed E-state index contributed by atoms with van der Waals surface area (Å²) in [7, 11) is 1.50. The molecule has 0 amide bonds. The van der Waals surface area contributed by atoms with Crippen LogP contribution in [-0.4, -0.2) is 34.1 Å². The van der Waals surface area contributed by atoms with Gasteiger partial charge in [-0.25, -0.2) is 18.6 Å². The Labute approximate surface area is 199 Å². The first-order chi connectivity index (χ1) is 16.3. The number of nitrogens with zero attached hydrogens (tertiary/aromatic N) is 2. The number of hydrogen-bond donors (Lipinski definition) is 2. The van der Waals surface area contributed by atoms with E-state index in [1.807, 2.05) is 0 Å². The molecular weight excluding hydrogens is 462 g/mol. The van der Waals surface area contributed by atoms with Crippen molar-refractivity contribution in [1.82, 2.24) is 4.98 Å². The van der Waals surface area contributed by atoms with Gasteiger partial charge in [-0.15, -0.1) is 11.3 Å². The molecule has 9 heteroatoms. The summed E-state index contributed by atoms with van der Waals surface area (Å²) in [5, 5.41) is 22.2. The van der Waals surface area contributed by atoms with Gasteiger partial charge >= 0.3 is 5.97 Å². The number of aryl methyl sites for hydroxylation is 2. The molecule has 0 radical (unpaired) electrons. The van der Waals surface area contributed by atoms with Gasteiger partial charge in [0.15, 0.2) is 11.6 Å². The molecule has 3 aromatic rings. The van der Waals surface area contributed by atoms with Crippen LogP contribution in [0.5, 0.6) is 5.75 Å². The molecule has 0 saturated carbocycles. The van der Waals surface area contributed by atoms with Crippen LogP contribution < -0.4 is 4.74 Å². The summed E-state index contributed by atoms with van der Waals surface area (Å²) in [6.45, 7) is 1.75. The largest absolute Gasteiger partial charge is 0.494 e. The average molecular weight is 485 g/mol. The molecular formula is C25H22F2N2O4S. The number of aromatic carboxylic acids is 1. The molecule has 0 spiro atoms. The summed E-state index contributed by atoms with van der Waals surface area (Å²) in [5.74, 6) is 3.48. The fourth-order valence-electron chi connectivity index (χ4n) is 3.38. The first-order valence-corrected chi connectivity index (χ1v) is 11.2. The normalized spacial score (nSPS) is 11.1. The SMILES string of the molecule is COc1c(/C(CCCc2ccc(C(=O)O)s2)=N\O)cc(C#CCc2ccc(F)c(F)c2)nc1C. The fraction of sp³-hybridized carbons (Fsp3) is 0.240. The van der Waals surface area contributed by atoms with Crippen molar-refractivity contribution in [2.24, 2.45) is 5.16 Å². The number of halogens is 2. The van der Waals surface area contributed by atoms with E-state index >= 15 is 0 Å².